The van der Waals surface area contributed by atoms with Gasteiger partial charge >= 0.3 is 24.0 Å². The molecule has 0 saturated heterocycles. The summed E-state index contributed by atoms with van der Waals surface area (Å²) in [6.45, 7) is 4.95. The lowest BCUT2D eigenvalue weighted by Gasteiger charge is -2.24. The van der Waals surface area contributed by atoms with Crippen molar-refractivity contribution in [3.63, 3.8) is 0 Å². The highest BCUT2D eigenvalue weighted by Gasteiger charge is 2.63. The molecule has 0 fully saturated rings. The molecule has 0 aliphatic rings. The Morgan fingerprint density at radius 2 is 1.42 bits per heavy atom. The third-order valence-electron chi connectivity index (χ3n) is 3.84. The fraction of sp³-hybridized carbons (Fsp3) is 0.882. The number of halogens is 5. The molecule has 1 atom stereocenters. The number of nitrogens with one attached hydrogen (secondary N) is 1. The van der Waals surface area contributed by atoms with Crippen molar-refractivity contribution < 1.29 is 36.3 Å². The first-order valence-corrected chi connectivity index (χ1v) is 8.87. The molecule has 154 valence electrons. The van der Waals surface area contributed by atoms with Crippen LogP contribution in [0.25, 0.3) is 0 Å². The number of alkyl halides is 5. The lowest BCUT2D eigenvalue weighted by molar-refractivity contribution is -0.270. The smallest absolute Gasteiger partial charge is 0.463 e. The fourth-order valence-electron chi connectivity index (χ4n) is 2.18. The largest absolute Gasteiger partial charge is 0.464 e. The molecule has 0 aliphatic heterocycles. The zero-order valence-electron chi connectivity index (χ0n) is 15.4. The van der Waals surface area contributed by atoms with Gasteiger partial charge < -0.3 is 10.1 Å². The molecule has 0 radical (unpaired) electrons. The second-order valence-electron chi connectivity index (χ2n) is 6.56. The van der Waals surface area contributed by atoms with Crippen molar-refractivity contribution in [1.82, 2.24) is 5.32 Å². The molecule has 0 aliphatic carbocycles. The fourth-order valence-corrected chi connectivity index (χ4v) is 2.18. The monoisotopic (exact) mass is 389 g/mol. The van der Waals surface area contributed by atoms with Crippen LogP contribution in [0.1, 0.15) is 65.7 Å². The lowest BCUT2D eigenvalue weighted by Crippen LogP contribution is -2.56. The molecule has 4 nitrogen and oxygen atoms in total. The van der Waals surface area contributed by atoms with E-state index in [9.17, 15) is 31.5 Å². The van der Waals surface area contributed by atoms with Crippen LogP contribution < -0.4 is 5.32 Å². The zero-order chi connectivity index (χ0) is 20.4. The highest BCUT2D eigenvalue weighted by Crippen LogP contribution is 2.35. The van der Waals surface area contributed by atoms with E-state index in [0.717, 1.165) is 38.5 Å². The maximum absolute atomic E-state index is 13.0. The summed E-state index contributed by atoms with van der Waals surface area (Å²) in [5, 5.41) is 1.45. The molecular weight excluding hydrogens is 361 g/mol. The number of hydrogen-bond acceptors (Lipinski definition) is 3. The van der Waals surface area contributed by atoms with Gasteiger partial charge in [0.25, 0.3) is 0 Å². The number of carbonyl (C=O) groups is 2. The molecule has 1 amide bonds. The number of unbranched alkanes of at least 4 members (excludes halogenated alkanes) is 6. The van der Waals surface area contributed by atoms with E-state index in [1.54, 1.807) is 0 Å². The highest BCUT2D eigenvalue weighted by molar-refractivity contribution is 5.89. The molecular formula is C17H28F5NO3. The average molecular weight is 389 g/mol. The van der Waals surface area contributed by atoms with Crippen LogP contribution in [0.2, 0.25) is 0 Å². The van der Waals surface area contributed by atoms with Crippen molar-refractivity contribution in [3.8, 4) is 0 Å². The number of amides is 1. The van der Waals surface area contributed by atoms with Crippen molar-refractivity contribution in [2.75, 3.05) is 6.61 Å². The van der Waals surface area contributed by atoms with Gasteiger partial charge in [-0.25, -0.2) is 4.79 Å². The summed E-state index contributed by atoms with van der Waals surface area (Å²) in [4.78, 5) is 23.2. The van der Waals surface area contributed by atoms with Gasteiger partial charge in [-0.3, -0.25) is 4.79 Å². The molecule has 0 bridgehead atoms. The Balaban J connectivity index is 4.41. The summed E-state index contributed by atoms with van der Waals surface area (Å²) in [6.07, 6.45) is 0.821. The molecule has 1 N–H and O–H groups in total. The minimum absolute atomic E-state index is 0.0291. The number of hydrogen-bond donors (Lipinski definition) is 1. The average Bonchev–Trinajstić information content (AvgIpc) is 2.53. The minimum Gasteiger partial charge on any atom is -0.464 e. The third kappa shape index (κ3) is 8.31. The Bertz CT molecular complexity index is 439. The van der Waals surface area contributed by atoms with Crippen LogP contribution in [0.4, 0.5) is 22.0 Å². The summed E-state index contributed by atoms with van der Waals surface area (Å²) in [5.74, 6) is -9.85. The molecule has 0 aromatic heterocycles. The number of ether oxygens (including phenoxy) is 1. The second kappa shape index (κ2) is 11.3. The van der Waals surface area contributed by atoms with Gasteiger partial charge in [-0.15, -0.1) is 0 Å². The van der Waals surface area contributed by atoms with Gasteiger partial charge in [-0.1, -0.05) is 59.3 Å². The first kappa shape index (κ1) is 24.6. The summed E-state index contributed by atoms with van der Waals surface area (Å²) in [6, 6.07) is -1.57. The Hall–Kier alpha value is -1.41. The topological polar surface area (TPSA) is 55.4 Å². The second-order valence-corrected chi connectivity index (χ2v) is 6.56. The summed E-state index contributed by atoms with van der Waals surface area (Å²) < 4.78 is 67.5. The van der Waals surface area contributed by atoms with E-state index in [4.69, 9.17) is 4.74 Å². The SMILES string of the molecule is CCCCCCCCCOC(=O)C(NC(=O)C(F)(F)C(F)(F)F)C(C)C. The minimum atomic E-state index is -6.03. The van der Waals surface area contributed by atoms with Gasteiger partial charge in [0, 0.05) is 0 Å². The van der Waals surface area contributed by atoms with Gasteiger partial charge in [0.2, 0.25) is 0 Å². The molecule has 26 heavy (non-hydrogen) atoms. The van der Waals surface area contributed by atoms with Crippen LogP contribution in [0, 0.1) is 5.92 Å². The van der Waals surface area contributed by atoms with Crippen LogP contribution in [-0.4, -0.2) is 36.6 Å². The Morgan fingerprint density at radius 3 is 1.88 bits per heavy atom. The van der Waals surface area contributed by atoms with Crippen LogP contribution in [0.5, 0.6) is 0 Å². The van der Waals surface area contributed by atoms with E-state index in [1.807, 2.05) is 0 Å². The Labute approximate surface area is 150 Å². The van der Waals surface area contributed by atoms with Crippen molar-refractivity contribution in [3.05, 3.63) is 0 Å². The van der Waals surface area contributed by atoms with E-state index >= 15 is 0 Å². The van der Waals surface area contributed by atoms with E-state index in [0.29, 0.717) is 6.42 Å². The van der Waals surface area contributed by atoms with E-state index in [2.05, 4.69) is 6.92 Å². The molecule has 0 saturated carbocycles. The van der Waals surface area contributed by atoms with E-state index < -0.39 is 35.9 Å². The number of carbonyl (C=O) groups excluding carboxylic acids is 2. The quantitative estimate of drug-likeness (QED) is 0.301. The first-order chi connectivity index (χ1) is 11.9. The summed E-state index contributed by atoms with van der Waals surface area (Å²) >= 11 is 0. The molecule has 0 heterocycles. The summed E-state index contributed by atoms with van der Waals surface area (Å²) in [5.41, 5.74) is 0. The first-order valence-electron chi connectivity index (χ1n) is 8.87. The maximum atomic E-state index is 13.0. The Kier molecular flexibility index (Phi) is 10.7. The standard InChI is InChI=1S/C17H28F5NO3/c1-4-5-6-7-8-9-10-11-26-14(24)13(12(2)3)23-15(25)16(18,19)17(20,21)22/h12-13H,4-11H2,1-3H3,(H,23,25). The van der Waals surface area contributed by atoms with Crippen LogP contribution in [0.15, 0.2) is 0 Å². The van der Waals surface area contributed by atoms with Gasteiger partial charge in [-0.2, -0.15) is 22.0 Å². The van der Waals surface area contributed by atoms with Crippen LogP contribution in [0.3, 0.4) is 0 Å². The van der Waals surface area contributed by atoms with Gasteiger partial charge in [-0.05, 0) is 12.3 Å². The predicted octanol–water partition coefficient (Wildman–Crippen LogP) is 4.62. The zero-order valence-corrected chi connectivity index (χ0v) is 15.4. The molecule has 9 heteroatoms. The normalized spacial score (nSPS) is 13.6. The number of rotatable bonds is 12. The van der Waals surface area contributed by atoms with Crippen molar-refractivity contribution in [1.29, 1.82) is 0 Å². The number of esters is 1. The molecule has 0 aromatic rings. The van der Waals surface area contributed by atoms with E-state index in [-0.39, 0.29) is 6.61 Å². The summed E-state index contributed by atoms with van der Waals surface area (Å²) in [7, 11) is 0. The van der Waals surface area contributed by atoms with Crippen molar-refractivity contribution >= 4 is 11.9 Å². The maximum Gasteiger partial charge on any atom is 0.463 e. The molecule has 0 rings (SSSR count). The highest BCUT2D eigenvalue weighted by atomic mass is 19.4. The molecule has 0 spiro atoms. The van der Waals surface area contributed by atoms with Gasteiger partial charge in [0.05, 0.1) is 6.61 Å². The molecule has 1 unspecified atom stereocenters. The van der Waals surface area contributed by atoms with Crippen molar-refractivity contribution in [2.24, 2.45) is 5.92 Å². The Morgan fingerprint density at radius 1 is 0.923 bits per heavy atom. The van der Waals surface area contributed by atoms with E-state index in [1.165, 1.54) is 19.2 Å². The predicted molar refractivity (Wildman–Crippen MR) is 86.7 cm³/mol. The van der Waals surface area contributed by atoms with Crippen molar-refractivity contribution in [2.45, 2.75) is 83.9 Å². The van der Waals surface area contributed by atoms with Crippen LogP contribution in [-0.2, 0) is 14.3 Å². The van der Waals surface area contributed by atoms with Gasteiger partial charge in [0.15, 0.2) is 0 Å². The molecule has 0 aromatic carbocycles. The van der Waals surface area contributed by atoms with Crippen LogP contribution >= 0.6 is 0 Å². The lowest BCUT2D eigenvalue weighted by atomic mass is 10.0. The third-order valence-corrected chi connectivity index (χ3v) is 3.84. The van der Waals surface area contributed by atoms with Gasteiger partial charge in [0.1, 0.15) is 6.04 Å².